The topological polar surface area (TPSA) is 68.3 Å². The number of carbonyl (C=O) groups is 1. The second kappa shape index (κ2) is 5.35. The number of nitrogens with zero attached hydrogens (tertiary/aromatic N) is 6. The Bertz CT molecular complexity index is 741. The number of hydrogen-bond donors (Lipinski definition) is 0. The van der Waals surface area contributed by atoms with E-state index >= 15 is 0 Å². The van der Waals surface area contributed by atoms with Gasteiger partial charge in [-0.05, 0) is 19.1 Å². The van der Waals surface area contributed by atoms with E-state index in [0.717, 1.165) is 12.2 Å². The zero-order valence-electron chi connectivity index (χ0n) is 12.0. The van der Waals surface area contributed by atoms with E-state index in [1.165, 1.54) is 0 Å². The third-order valence-corrected chi connectivity index (χ3v) is 3.22. The molecule has 108 valence electrons. The maximum atomic E-state index is 12.4. The van der Waals surface area contributed by atoms with Gasteiger partial charge in [0.15, 0.2) is 11.3 Å². The number of fused-ring (bicyclic) bond motifs is 1. The van der Waals surface area contributed by atoms with E-state index in [1.54, 1.807) is 41.0 Å². The largest absolute Gasteiger partial charge is 0.334 e. The van der Waals surface area contributed by atoms with Gasteiger partial charge in [0, 0.05) is 38.2 Å². The molecule has 0 aliphatic heterocycles. The summed E-state index contributed by atoms with van der Waals surface area (Å²) >= 11 is 0. The lowest BCUT2D eigenvalue weighted by Gasteiger charge is -2.13. The molecule has 3 aromatic heterocycles. The van der Waals surface area contributed by atoms with Gasteiger partial charge in [-0.25, -0.2) is 9.50 Å². The lowest BCUT2D eigenvalue weighted by atomic mass is 10.3. The first kappa shape index (κ1) is 13.3. The summed E-state index contributed by atoms with van der Waals surface area (Å²) in [5.41, 5.74) is 1.89. The molecule has 1 amide bonds. The number of aryl methyl sites for hydroxylation is 1. The van der Waals surface area contributed by atoms with Crippen LogP contribution >= 0.6 is 0 Å². The van der Waals surface area contributed by atoms with Crippen LogP contribution < -0.4 is 0 Å². The zero-order valence-corrected chi connectivity index (χ0v) is 12.0. The van der Waals surface area contributed by atoms with Crippen molar-refractivity contribution in [1.82, 2.24) is 29.3 Å². The maximum Gasteiger partial charge on any atom is 0.274 e. The summed E-state index contributed by atoms with van der Waals surface area (Å²) in [6, 6.07) is 5.37. The van der Waals surface area contributed by atoms with Crippen molar-refractivity contribution in [2.24, 2.45) is 0 Å². The maximum absolute atomic E-state index is 12.4. The fraction of sp³-hybridized carbons (Fsp3) is 0.286. The van der Waals surface area contributed by atoms with E-state index in [1.807, 2.05) is 23.9 Å². The molecule has 3 rings (SSSR count). The summed E-state index contributed by atoms with van der Waals surface area (Å²) in [6.45, 7) is 3.29. The summed E-state index contributed by atoms with van der Waals surface area (Å²) in [5, 5.41) is 8.61. The van der Waals surface area contributed by atoms with Crippen LogP contribution in [0, 0.1) is 0 Å². The smallest absolute Gasteiger partial charge is 0.274 e. The molecule has 0 unspecified atom stereocenters. The van der Waals surface area contributed by atoms with Gasteiger partial charge in [-0.2, -0.15) is 10.2 Å². The van der Waals surface area contributed by atoms with Crippen molar-refractivity contribution in [2.45, 2.75) is 20.0 Å². The van der Waals surface area contributed by atoms with E-state index in [-0.39, 0.29) is 5.91 Å². The van der Waals surface area contributed by atoms with Crippen molar-refractivity contribution >= 4 is 11.6 Å². The molecule has 0 radical (unpaired) electrons. The van der Waals surface area contributed by atoms with E-state index in [0.29, 0.717) is 17.9 Å². The normalized spacial score (nSPS) is 11.0. The third-order valence-electron chi connectivity index (χ3n) is 3.22. The number of amides is 1. The SMILES string of the molecule is CCn1ccc(CN(C)C(=O)c2cc3ncccn3n2)n1. The molecule has 0 saturated heterocycles. The van der Waals surface area contributed by atoms with Crippen molar-refractivity contribution in [3.8, 4) is 0 Å². The minimum atomic E-state index is -0.147. The van der Waals surface area contributed by atoms with Crippen LogP contribution in [0.4, 0.5) is 0 Å². The Labute approximate surface area is 121 Å². The fourth-order valence-corrected chi connectivity index (χ4v) is 2.11. The van der Waals surface area contributed by atoms with Crippen LogP contribution in [-0.2, 0) is 13.1 Å². The van der Waals surface area contributed by atoms with Gasteiger partial charge in [-0.15, -0.1) is 0 Å². The van der Waals surface area contributed by atoms with E-state index in [4.69, 9.17) is 0 Å². The molecule has 0 spiro atoms. The number of aromatic nitrogens is 5. The predicted molar refractivity (Wildman–Crippen MR) is 76.7 cm³/mol. The minimum Gasteiger partial charge on any atom is -0.334 e. The van der Waals surface area contributed by atoms with Gasteiger partial charge in [-0.1, -0.05) is 0 Å². The Balaban J connectivity index is 1.77. The van der Waals surface area contributed by atoms with Crippen LogP contribution in [0.2, 0.25) is 0 Å². The second-order valence-electron chi connectivity index (χ2n) is 4.78. The average molecular weight is 284 g/mol. The number of rotatable bonds is 4. The molecule has 0 aromatic carbocycles. The van der Waals surface area contributed by atoms with E-state index < -0.39 is 0 Å². The highest BCUT2D eigenvalue weighted by Gasteiger charge is 2.17. The third kappa shape index (κ3) is 2.62. The molecule has 0 bridgehead atoms. The molecule has 7 heteroatoms. The van der Waals surface area contributed by atoms with Gasteiger partial charge in [0.1, 0.15) is 0 Å². The number of carbonyl (C=O) groups excluding carboxylic acids is 1. The first-order valence-electron chi connectivity index (χ1n) is 6.75. The second-order valence-corrected chi connectivity index (χ2v) is 4.78. The highest BCUT2D eigenvalue weighted by atomic mass is 16.2. The minimum absolute atomic E-state index is 0.147. The van der Waals surface area contributed by atoms with Crippen LogP contribution in [-0.4, -0.2) is 42.2 Å². The van der Waals surface area contributed by atoms with E-state index in [9.17, 15) is 4.79 Å². The van der Waals surface area contributed by atoms with Crippen molar-refractivity contribution in [2.75, 3.05) is 7.05 Å². The highest BCUT2D eigenvalue weighted by molar-refractivity contribution is 5.93. The van der Waals surface area contributed by atoms with Crippen LogP contribution in [0.5, 0.6) is 0 Å². The van der Waals surface area contributed by atoms with Gasteiger partial charge >= 0.3 is 0 Å². The Morgan fingerprint density at radius 3 is 2.90 bits per heavy atom. The van der Waals surface area contributed by atoms with Crippen LogP contribution in [0.25, 0.3) is 5.65 Å². The summed E-state index contributed by atoms with van der Waals surface area (Å²) < 4.78 is 3.43. The highest BCUT2D eigenvalue weighted by Crippen LogP contribution is 2.08. The summed E-state index contributed by atoms with van der Waals surface area (Å²) in [4.78, 5) is 18.1. The average Bonchev–Trinajstić information content (AvgIpc) is 3.12. The molecular weight excluding hydrogens is 268 g/mol. The van der Waals surface area contributed by atoms with Crippen molar-refractivity contribution in [3.63, 3.8) is 0 Å². The molecule has 21 heavy (non-hydrogen) atoms. The Morgan fingerprint density at radius 2 is 2.19 bits per heavy atom. The van der Waals surface area contributed by atoms with Crippen LogP contribution in [0.3, 0.4) is 0 Å². The zero-order chi connectivity index (χ0) is 14.8. The van der Waals surface area contributed by atoms with Crippen molar-refractivity contribution in [3.05, 3.63) is 48.2 Å². The molecule has 0 fully saturated rings. The lowest BCUT2D eigenvalue weighted by molar-refractivity contribution is 0.0777. The quantitative estimate of drug-likeness (QED) is 0.722. The Hall–Kier alpha value is -2.70. The molecule has 0 aliphatic rings. The van der Waals surface area contributed by atoms with Crippen molar-refractivity contribution in [1.29, 1.82) is 0 Å². The van der Waals surface area contributed by atoms with Gasteiger partial charge in [0.05, 0.1) is 12.2 Å². The van der Waals surface area contributed by atoms with Gasteiger partial charge in [0.2, 0.25) is 0 Å². The fourth-order valence-electron chi connectivity index (χ4n) is 2.11. The molecule has 0 aliphatic carbocycles. The molecule has 0 N–H and O–H groups in total. The van der Waals surface area contributed by atoms with Crippen LogP contribution in [0.1, 0.15) is 23.1 Å². The molecule has 3 heterocycles. The van der Waals surface area contributed by atoms with Crippen LogP contribution in [0.15, 0.2) is 36.8 Å². The van der Waals surface area contributed by atoms with Gasteiger partial charge in [-0.3, -0.25) is 9.48 Å². The van der Waals surface area contributed by atoms with Crippen molar-refractivity contribution < 1.29 is 4.79 Å². The lowest BCUT2D eigenvalue weighted by Crippen LogP contribution is -2.26. The molecule has 0 saturated carbocycles. The summed E-state index contributed by atoms with van der Waals surface area (Å²) in [5.74, 6) is -0.147. The summed E-state index contributed by atoms with van der Waals surface area (Å²) in [7, 11) is 1.74. The summed E-state index contributed by atoms with van der Waals surface area (Å²) in [6.07, 6.45) is 5.34. The molecule has 7 nitrogen and oxygen atoms in total. The standard InChI is InChI=1S/C14H16N6O/c1-3-19-8-5-11(16-19)10-18(2)14(21)12-9-13-15-6-4-7-20(13)17-12/h4-9H,3,10H2,1-2H3. The first-order valence-corrected chi connectivity index (χ1v) is 6.75. The Morgan fingerprint density at radius 1 is 1.33 bits per heavy atom. The van der Waals surface area contributed by atoms with E-state index in [2.05, 4.69) is 15.2 Å². The van der Waals surface area contributed by atoms with Gasteiger partial charge < -0.3 is 4.90 Å². The monoisotopic (exact) mass is 284 g/mol. The molecule has 3 aromatic rings. The van der Waals surface area contributed by atoms with Gasteiger partial charge in [0.25, 0.3) is 5.91 Å². The first-order chi connectivity index (χ1) is 10.2. The predicted octanol–water partition coefficient (Wildman–Crippen LogP) is 1.22. The Kier molecular flexibility index (Phi) is 3.39. The molecule has 0 atom stereocenters. The number of hydrogen-bond acceptors (Lipinski definition) is 4. The molecular formula is C14H16N6O.